The van der Waals surface area contributed by atoms with Crippen LogP contribution in [0.25, 0.3) is 17.1 Å². The van der Waals surface area contributed by atoms with Crippen molar-refractivity contribution < 1.29 is 22.7 Å². The number of hydrogen-bond acceptors (Lipinski definition) is 6. The number of hydrogen-bond donors (Lipinski definition) is 1. The van der Waals surface area contributed by atoms with E-state index in [1.807, 2.05) is 12.1 Å². The summed E-state index contributed by atoms with van der Waals surface area (Å²) in [5.41, 5.74) is 2.75. The second kappa shape index (κ2) is 11.5. The van der Waals surface area contributed by atoms with Gasteiger partial charge in [0, 0.05) is 21.8 Å². The molecule has 1 amide bonds. The fraction of sp³-hybridized carbons (Fsp3) is 0.120. The Balaban J connectivity index is 1.51. The van der Waals surface area contributed by atoms with Gasteiger partial charge in [-0.3, -0.25) is 9.36 Å². The lowest BCUT2D eigenvalue weighted by Gasteiger charge is -2.11. The van der Waals surface area contributed by atoms with Crippen molar-refractivity contribution in [1.82, 2.24) is 20.2 Å². The molecule has 0 unspecified atom stereocenters. The molecule has 3 aromatic carbocycles. The van der Waals surface area contributed by atoms with Crippen LogP contribution >= 0.6 is 23.4 Å². The molecule has 0 bridgehead atoms. The van der Waals surface area contributed by atoms with Crippen molar-refractivity contribution in [2.45, 2.75) is 11.3 Å². The highest BCUT2D eigenvalue weighted by molar-refractivity contribution is 7.99. The van der Waals surface area contributed by atoms with E-state index in [4.69, 9.17) is 16.3 Å². The molecule has 0 radical (unpaired) electrons. The van der Waals surface area contributed by atoms with Crippen molar-refractivity contribution in [3.05, 3.63) is 88.9 Å². The van der Waals surface area contributed by atoms with Crippen molar-refractivity contribution in [2.75, 3.05) is 12.9 Å². The molecule has 4 aromatic rings. The molecule has 0 saturated heterocycles. The van der Waals surface area contributed by atoms with E-state index in [1.165, 1.54) is 18.2 Å². The Morgan fingerprint density at radius 2 is 1.78 bits per heavy atom. The highest BCUT2D eigenvalue weighted by Crippen LogP contribution is 2.31. The monoisotopic (exact) mass is 545 g/mol. The number of ether oxygens (including phenoxy) is 1. The van der Waals surface area contributed by atoms with Gasteiger partial charge in [-0.15, -0.1) is 10.2 Å². The highest BCUT2D eigenvalue weighted by atomic mass is 35.5. The number of alkyl halides is 3. The average molecular weight is 546 g/mol. The standard InChI is InChI=1S/C25H19ClF3N5O2S/c1-36-20-12-6-16(7-13-20)23-32-33-24(34(23)19-10-8-18(26)9-11-19)37-15-22(35)31-30-14-17-4-2-3-5-21(17)25(27,28)29/h2-14H,15H2,1H3,(H,31,35). The molecule has 4 rings (SSSR count). The van der Waals surface area contributed by atoms with Crippen LogP contribution in [-0.4, -0.2) is 39.7 Å². The van der Waals surface area contributed by atoms with Crippen LogP contribution in [0.4, 0.5) is 13.2 Å². The van der Waals surface area contributed by atoms with Crippen LogP contribution in [0.5, 0.6) is 5.75 Å². The van der Waals surface area contributed by atoms with E-state index in [1.54, 1.807) is 48.1 Å². The summed E-state index contributed by atoms with van der Waals surface area (Å²) in [7, 11) is 1.57. The SMILES string of the molecule is COc1ccc(-c2nnc(SCC(=O)NN=Cc3ccccc3C(F)(F)F)n2-c2ccc(Cl)cc2)cc1. The van der Waals surface area contributed by atoms with Crippen molar-refractivity contribution in [2.24, 2.45) is 5.10 Å². The van der Waals surface area contributed by atoms with E-state index >= 15 is 0 Å². The molecule has 37 heavy (non-hydrogen) atoms. The first kappa shape index (κ1) is 26.2. The summed E-state index contributed by atoms with van der Waals surface area (Å²) >= 11 is 7.14. The molecule has 0 saturated carbocycles. The number of amides is 1. The third kappa shape index (κ3) is 6.49. The molecule has 0 aliphatic heterocycles. The maximum Gasteiger partial charge on any atom is 0.417 e. The van der Waals surface area contributed by atoms with Gasteiger partial charge in [-0.1, -0.05) is 41.6 Å². The van der Waals surface area contributed by atoms with Gasteiger partial charge < -0.3 is 4.74 Å². The second-order valence-electron chi connectivity index (χ2n) is 7.51. The van der Waals surface area contributed by atoms with E-state index in [9.17, 15) is 18.0 Å². The molecule has 0 aliphatic rings. The number of thioether (sulfide) groups is 1. The predicted octanol–water partition coefficient (Wildman–Crippen LogP) is 5.86. The van der Waals surface area contributed by atoms with Gasteiger partial charge >= 0.3 is 6.18 Å². The Morgan fingerprint density at radius 1 is 1.08 bits per heavy atom. The molecule has 0 fully saturated rings. The first-order valence-electron chi connectivity index (χ1n) is 10.7. The number of carbonyl (C=O) groups is 1. The van der Waals surface area contributed by atoms with E-state index in [0.717, 1.165) is 35.3 Å². The van der Waals surface area contributed by atoms with Crippen LogP contribution < -0.4 is 10.2 Å². The normalized spacial score (nSPS) is 11.6. The Labute approximate surface area is 219 Å². The summed E-state index contributed by atoms with van der Waals surface area (Å²) in [6.45, 7) is 0. The summed E-state index contributed by atoms with van der Waals surface area (Å²) in [4.78, 5) is 12.4. The van der Waals surface area contributed by atoms with Crippen LogP contribution in [-0.2, 0) is 11.0 Å². The molecule has 0 spiro atoms. The smallest absolute Gasteiger partial charge is 0.417 e. The molecule has 1 heterocycles. The van der Waals surface area contributed by atoms with Crippen molar-refractivity contribution in [3.8, 4) is 22.8 Å². The predicted molar refractivity (Wildman–Crippen MR) is 136 cm³/mol. The zero-order chi connectivity index (χ0) is 26.4. The third-order valence-electron chi connectivity index (χ3n) is 5.06. The summed E-state index contributed by atoms with van der Waals surface area (Å²) in [5.74, 6) is 0.593. The summed E-state index contributed by atoms with van der Waals surface area (Å²) in [6, 6.07) is 19.3. The van der Waals surface area contributed by atoms with E-state index in [2.05, 4.69) is 20.7 Å². The van der Waals surface area contributed by atoms with Gasteiger partial charge in [0.15, 0.2) is 11.0 Å². The number of hydrazone groups is 1. The zero-order valence-corrected chi connectivity index (χ0v) is 20.8. The number of aromatic nitrogens is 3. The van der Waals surface area contributed by atoms with E-state index in [-0.39, 0.29) is 11.3 Å². The summed E-state index contributed by atoms with van der Waals surface area (Å²) < 4.78 is 46.4. The molecule has 7 nitrogen and oxygen atoms in total. The van der Waals surface area contributed by atoms with Crippen LogP contribution in [0.1, 0.15) is 11.1 Å². The van der Waals surface area contributed by atoms with Gasteiger partial charge in [-0.05, 0) is 54.6 Å². The molecule has 0 atom stereocenters. The van der Waals surface area contributed by atoms with Crippen LogP contribution in [0.15, 0.2) is 83.1 Å². The molecular formula is C25H19ClF3N5O2S. The second-order valence-corrected chi connectivity index (χ2v) is 8.89. The quantitative estimate of drug-likeness (QED) is 0.170. The molecule has 12 heteroatoms. The Hall–Kier alpha value is -3.83. The first-order chi connectivity index (χ1) is 17.8. The van der Waals surface area contributed by atoms with Gasteiger partial charge in [0.1, 0.15) is 5.75 Å². The zero-order valence-electron chi connectivity index (χ0n) is 19.2. The van der Waals surface area contributed by atoms with Crippen LogP contribution in [0, 0.1) is 0 Å². The fourth-order valence-corrected chi connectivity index (χ4v) is 4.19. The van der Waals surface area contributed by atoms with Crippen LogP contribution in [0.2, 0.25) is 5.02 Å². The number of nitrogens with zero attached hydrogens (tertiary/aromatic N) is 4. The van der Waals surface area contributed by atoms with Gasteiger partial charge in [-0.25, -0.2) is 5.43 Å². The maximum absolute atomic E-state index is 13.1. The van der Waals surface area contributed by atoms with E-state index < -0.39 is 17.6 Å². The van der Waals surface area contributed by atoms with Gasteiger partial charge in [0.25, 0.3) is 5.91 Å². The minimum absolute atomic E-state index is 0.105. The van der Waals surface area contributed by atoms with Crippen LogP contribution in [0.3, 0.4) is 0 Å². The Kier molecular flexibility index (Phi) is 8.14. The lowest BCUT2D eigenvalue weighted by atomic mass is 10.1. The molecule has 1 aromatic heterocycles. The Morgan fingerprint density at radius 3 is 2.46 bits per heavy atom. The van der Waals surface area contributed by atoms with E-state index in [0.29, 0.717) is 21.8 Å². The average Bonchev–Trinajstić information content (AvgIpc) is 3.31. The first-order valence-corrected chi connectivity index (χ1v) is 12.1. The minimum Gasteiger partial charge on any atom is -0.497 e. The lowest BCUT2D eigenvalue weighted by Crippen LogP contribution is -2.20. The molecule has 0 aliphatic carbocycles. The number of benzene rings is 3. The number of halogens is 4. The van der Waals surface area contributed by atoms with Gasteiger partial charge in [0.05, 0.1) is 24.6 Å². The topological polar surface area (TPSA) is 81.4 Å². The molecular weight excluding hydrogens is 527 g/mol. The largest absolute Gasteiger partial charge is 0.497 e. The number of nitrogens with one attached hydrogen (secondary N) is 1. The number of carbonyl (C=O) groups excluding carboxylic acids is 1. The summed E-state index contributed by atoms with van der Waals surface area (Å²) in [6.07, 6.45) is -3.57. The van der Waals surface area contributed by atoms with Crippen molar-refractivity contribution in [1.29, 1.82) is 0 Å². The van der Waals surface area contributed by atoms with Crippen molar-refractivity contribution in [3.63, 3.8) is 0 Å². The Bertz CT molecular complexity index is 1410. The van der Waals surface area contributed by atoms with Gasteiger partial charge in [0.2, 0.25) is 0 Å². The summed E-state index contributed by atoms with van der Waals surface area (Å²) in [5, 5.41) is 13.2. The maximum atomic E-state index is 13.1. The number of rotatable bonds is 8. The highest BCUT2D eigenvalue weighted by Gasteiger charge is 2.32. The molecule has 190 valence electrons. The third-order valence-corrected chi connectivity index (χ3v) is 6.24. The minimum atomic E-state index is -4.53. The molecule has 1 N–H and O–H groups in total. The van der Waals surface area contributed by atoms with Crippen molar-refractivity contribution >= 4 is 35.5 Å². The number of methoxy groups -OCH3 is 1. The fourth-order valence-electron chi connectivity index (χ4n) is 3.32. The van der Waals surface area contributed by atoms with Gasteiger partial charge in [-0.2, -0.15) is 18.3 Å². The lowest BCUT2D eigenvalue weighted by molar-refractivity contribution is -0.137.